The van der Waals surface area contributed by atoms with E-state index in [1.54, 1.807) is 0 Å². The Hall–Kier alpha value is -0.450. The molecule has 4 heteroatoms. The van der Waals surface area contributed by atoms with Gasteiger partial charge in [-0.25, -0.2) is 4.98 Å². The second-order valence-electron chi connectivity index (χ2n) is 4.83. The van der Waals surface area contributed by atoms with Crippen molar-refractivity contribution in [2.75, 3.05) is 13.2 Å². The van der Waals surface area contributed by atoms with Crippen molar-refractivity contribution in [1.29, 1.82) is 0 Å². The normalized spacial score (nSPS) is 19.9. The molecule has 2 rings (SSSR count). The molecular weight excluding hydrogens is 292 g/mol. The van der Waals surface area contributed by atoms with Gasteiger partial charge in [0.1, 0.15) is 4.60 Å². The topological polar surface area (TPSA) is 34.1 Å². The fourth-order valence-electron chi connectivity index (χ4n) is 2.28. The predicted octanol–water partition coefficient (Wildman–Crippen LogP) is 3.28. The molecule has 100 valence electrons. The predicted molar refractivity (Wildman–Crippen MR) is 76.5 cm³/mol. The number of pyridine rings is 1. The van der Waals surface area contributed by atoms with Crippen LogP contribution < -0.4 is 5.32 Å². The Kier molecular flexibility index (Phi) is 6.11. The molecule has 1 fully saturated rings. The summed E-state index contributed by atoms with van der Waals surface area (Å²) < 4.78 is 6.54. The number of aromatic nitrogens is 1. The van der Waals surface area contributed by atoms with E-state index in [1.165, 1.54) is 32.2 Å². The maximum atomic E-state index is 5.67. The molecule has 18 heavy (non-hydrogen) atoms. The molecule has 1 aromatic rings. The lowest BCUT2D eigenvalue weighted by atomic mass is 10.0. The average molecular weight is 313 g/mol. The molecule has 1 aliphatic heterocycles. The summed E-state index contributed by atoms with van der Waals surface area (Å²) >= 11 is 3.32. The number of hydrogen-bond donors (Lipinski definition) is 1. The van der Waals surface area contributed by atoms with E-state index in [1.807, 2.05) is 18.3 Å². The van der Waals surface area contributed by atoms with Gasteiger partial charge in [-0.05, 0) is 59.8 Å². The van der Waals surface area contributed by atoms with E-state index < -0.39 is 0 Å². The molecular formula is C14H21BrN2O. The Morgan fingerprint density at radius 1 is 1.39 bits per heavy atom. The highest BCUT2D eigenvalue weighted by Gasteiger charge is 2.11. The summed E-state index contributed by atoms with van der Waals surface area (Å²) in [5.74, 6) is 0. The summed E-state index contributed by atoms with van der Waals surface area (Å²) in [6.45, 7) is 2.70. The lowest BCUT2D eigenvalue weighted by Crippen LogP contribution is -2.33. The van der Waals surface area contributed by atoms with Gasteiger partial charge in [-0.1, -0.05) is 12.5 Å². The van der Waals surface area contributed by atoms with Crippen molar-refractivity contribution in [1.82, 2.24) is 10.3 Å². The van der Waals surface area contributed by atoms with E-state index in [0.29, 0.717) is 6.61 Å². The van der Waals surface area contributed by atoms with Crippen molar-refractivity contribution in [3.63, 3.8) is 0 Å². The fourth-order valence-corrected chi connectivity index (χ4v) is 2.52. The van der Waals surface area contributed by atoms with Crippen molar-refractivity contribution in [3.8, 4) is 0 Å². The van der Waals surface area contributed by atoms with Gasteiger partial charge in [0.05, 0.1) is 6.61 Å². The van der Waals surface area contributed by atoms with Gasteiger partial charge in [0.2, 0.25) is 0 Å². The Balaban J connectivity index is 1.54. The quantitative estimate of drug-likeness (QED) is 0.646. The van der Waals surface area contributed by atoms with Crippen LogP contribution in [-0.2, 0) is 11.3 Å². The third-order valence-corrected chi connectivity index (χ3v) is 3.78. The number of nitrogens with one attached hydrogen (secondary N) is 1. The van der Waals surface area contributed by atoms with Gasteiger partial charge >= 0.3 is 0 Å². The number of rotatable bonds is 6. The summed E-state index contributed by atoms with van der Waals surface area (Å²) in [5.41, 5.74) is 1.13. The van der Waals surface area contributed by atoms with E-state index in [9.17, 15) is 0 Å². The zero-order valence-electron chi connectivity index (χ0n) is 10.7. The zero-order chi connectivity index (χ0) is 12.6. The lowest BCUT2D eigenvalue weighted by Gasteiger charge is -2.23. The van der Waals surface area contributed by atoms with Crippen LogP contribution in [0.5, 0.6) is 0 Å². The van der Waals surface area contributed by atoms with Crippen LogP contribution in [0.3, 0.4) is 0 Å². The highest BCUT2D eigenvalue weighted by atomic mass is 79.9. The van der Waals surface area contributed by atoms with Crippen molar-refractivity contribution in [2.45, 2.75) is 44.8 Å². The first-order chi connectivity index (χ1) is 8.84. The highest BCUT2D eigenvalue weighted by molar-refractivity contribution is 9.10. The zero-order valence-corrected chi connectivity index (χ0v) is 12.3. The monoisotopic (exact) mass is 312 g/mol. The Labute approximate surface area is 117 Å². The molecule has 1 saturated heterocycles. The lowest BCUT2D eigenvalue weighted by molar-refractivity contribution is 0.114. The standard InChI is InChI=1S/C14H21BrN2O/c15-14-7-6-12(10-17-14)11-18-9-3-5-13-4-1-2-8-16-13/h6-7,10,13,16H,1-5,8-9,11H2/t13-/m0/s1. The maximum Gasteiger partial charge on any atom is 0.106 e. The van der Waals surface area contributed by atoms with E-state index in [-0.39, 0.29) is 0 Å². The third kappa shape index (κ3) is 5.04. The Bertz CT molecular complexity index is 336. The van der Waals surface area contributed by atoms with Crippen LogP contribution in [0.15, 0.2) is 22.9 Å². The molecule has 0 unspecified atom stereocenters. The molecule has 3 nitrogen and oxygen atoms in total. The van der Waals surface area contributed by atoms with E-state index in [0.717, 1.165) is 29.2 Å². The molecule has 0 saturated carbocycles. The first-order valence-corrected chi connectivity index (χ1v) is 7.55. The largest absolute Gasteiger partial charge is 0.377 e. The summed E-state index contributed by atoms with van der Waals surface area (Å²) in [5, 5.41) is 3.56. The molecule has 0 amide bonds. The first-order valence-electron chi connectivity index (χ1n) is 6.76. The minimum atomic E-state index is 0.665. The van der Waals surface area contributed by atoms with Crippen LogP contribution in [0.4, 0.5) is 0 Å². The average Bonchev–Trinajstić information content (AvgIpc) is 2.42. The van der Waals surface area contributed by atoms with Crippen LogP contribution >= 0.6 is 15.9 Å². The van der Waals surface area contributed by atoms with Gasteiger partial charge in [-0.3, -0.25) is 0 Å². The number of piperidine rings is 1. The number of nitrogens with zero attached hydrogens (tertiary/aromatic N) is 1. The van der Waals surface area contributed by atoms with Crippen LogP contribution in [0.2, 0.25) is 0 Å². The van der Waals surface area contributed by atoms with Gasteiger partial charge in [0.25, 0.3) is 0 Å². The van der Waals surface area contributed by atoms with Gasteiger partial charge in [-0.2, -0.15) is 0 Å². The summed E-state index contributed by atoms with van der Waals surface area (Å²) in [6, 6.07) is 4.71. The van der Waals surface area contributed by atoms with Crippen molar-refractivity contribution in [3.05, 3.63) is 28.5 Å². The van der Waals surface area contributed by atoms with Gasteiger partial charge < -0.3 is 10.1 Å². The number of halogens is 1. The molecule has 0 aliphatic carbocycles. The SMILES string of the molecule is Brc1ccc(COCCC[C@@H]2CCCCN2)cn1. The summed E-state index contributed by atoms with van der Waals surface area (Å²) in [7, 11) is 0. The molecule has 1 atom stereocenters. The molecule has 1 aliphatic rings. The Morgan fingerprint density at radius 2 is 2.33 bits per heavy atom. The molecule has 0 aromatic carbocycles. The van der Waals surface area contributed by atoms with Crippen molar-refractivity contribution in [2.24, 2.45) is 0 Å². The maximum absolute atomic E-state index is 5.67. The molecule has 2 heterocycles. The minimum absolute atomic E-state index is 0.665. The first kappa shape index (κ1) is 14.0. The van der Waals surface area contributed by atoms with Crippen LogP contribution in [0, 0.1) is 0 Å². The fraction of sp³-hybridized carbons (Fsp3) is 0.643. The summed E-state index contributed by atoms with van der Waals surface area (Å²) in [6.07, 6.45) is 8.27. The van der Waals surface area contributed by atoms with Gasteiger partial charge in [0.15, 0.2) is 0 Å². The van der Waals surface area contributed by atoms with Gasteiger partial charge in [0, 0.05) is 18.8 Å². The minimum Gasteiger partial charge on any atom is -0.377 e. The molecule has 1 aromatic heterocycles. The van der Waals surface area contributed by atoms with Gasteiger partial charge in [-0.15, -0.1) is 0 Å². The van der Waals surface area contributed by atoms with Crippen molar-refractivity contribution < 1.29 is 4.74 Å². The van der Waals surface area contributed by atoms with Crippen LogP contribution in [0.25, 0.3) is 0 Å². The number of ether oxygens (including phenoxy) is 1. The van der Waals surface area contributed by atoms with E-state index in [2.05, 4.69) is 26.2 Å². The van der Waals surface area contributed by atoms with E-state index in [4.69, 9.17) is 4.74 Å². The third-order valence-electron chi connectivity index (χ3n) is 3.31. The smallest absolute Gasteiger partial charge is 0.106 e. The van der Waals surface area contributed by atoms with Crippen molar-refractivity contribution >= 4 is 15.9 Å². The second-order valence-corrected chi connectivity index (χ2v) is 5.64. The molecule has 0 bridgehead atoms. The van der Waals surface area contributed by atoms with Crippen LogP contribution in [0.1, 0.15) is 37.7 Å². The molecule has 0 spiro atoms. The highest BCUT2D eigenvalue weighted by Crippen LogP contribution is 2.12. The number of hydrogen-bond acceptors (Lipinski definition) is 3. The van der Waals surface area contributed by atoms with Crippen LogP contribution in [-0.4, -0.2) is 24.2 Å². The summed E-state index contributed by atoms with van der Waals surface area (Å²) in [4.78, 5) is 4.18. The molecule has 0 radical (unpaired) electrons. The second kappa shape index (κ2) is 7.87. The molecule has 1 N–H and O–H groups in total. The Morgan fingerprint density at radius 3 is 3.06 bits per heavy atom. The van der Waals surface area contributed by atoms with E-state index >= 15 is 0 Å².